The van der Waals surface area contributed by atoms with Gasteiger partial charge in [-0.25, -0.2) is 13.1 Å². The predicted octanol–water partition coefficient (Wildman–Crippen LogP) is 0.232. The number of rotatable bonds is 6. The quantitative estimate of drug-likeness (QED) is 0.440. The molecule has 0 heterocycles. The molecule has 0 radical (unpaired) electrons. The Morgan fingerprint density at radius 2 is 2.06 bits per heavy atom. The Hall–Kier alpha value is -1.58. The van der Waals surface area contributed by atoms with Gasteiger partial charge in [-0.15, -0.1) is 0 Å². The van der Waals surface area contributed by atoms with E-state index in [0.29, 0.717) is 12.6 Å². The first-order chi connectivity index (χ1) is 8.38. The zero-order chi connectivity index (χ0) is 13.8. The van der Waals surface area contributed by atoms with Crippen molar-refractivity contribution in [2.24, 2.45) is 0 Å². The molecule has 1 aromatic rings. The molecular formula is C9H12FN3O4S. The third kappa shape index (κ3) is 3.45. The molecule has 0 aliphatic heterocycles. The second kappa shape index (κ2) is 5.85. The molecule has 7 nitrogen and oxygen atoms in total. The number of likely N-dealkylation sites (N-methyl/N-ethyl adjacent to an activating group) is 1. The first-order valence-electron chi connectivity index (χ1n) is 4.96. The number of nitrogens with one attached hydrogen (secondary N) is 2. The molecule has 2 N–H and O–H groups in total. The molecule has 0 saturated heterocycles. The number of hydrogen-bond acceptors (Lipinski definition) is 5. The number of halogens is 1. The zero-order valence-corrected chi connectivity index (χ0v) is 10.3. The second-order valence-electron chi connectivity index (χ2n) is 3.37. The Balaban J connectivity index is 3.02. The van der Waals surface area contributed by atoms with Crippen LogP contribution in [0.25, 0.3) is 0 Å². The highest BCUT2D eigenvalue weighted by molar-refractivity contribution is 7.89. The van der Waals surface area contributed by atoms with E-state index in [0.717, 1.165) is 12.1 Å². The van der Waals surface area contributed by atoms with Gasteiger partial charge in [0.05, 0.1) is 9.82 Å². The molecule has 0 amide bonds. The van der Waals surface area contributed by atoms with Crippen molar-refractivity contribution in [1.29, 1.82) is 0 Å². The number of benzene rings is 1. The molecule has 0 aromatic heterocycles. The highest BCUT2D eigenvalue weighted by Crippen LogP contribution is 2.21. The van der Waals surface area contributed by atoms with Crippen molar-refractivity contribution in [3.63, 3.8) is 0 Å². The topological polar surface area (TPSA) is 101 Å². The van der Waals surface area contributed by atoms with E-state index < -0.39 is 26.5 Å². The van der Waals surface area contributed by atoms with Crippen LogP contribution in [0.15, 0.2) is 23.1 Å². The van der Waals surface area contributed by atoms with Crippen molar-refractivity contribution >= 4 is 15.7 Å². The molecule has 0 atom stereocenters. The molecule has 0 spiro atoms. The van der Waals surface area contributed by atoms with Crippen LogP contribution in [0.5, 0.6) is 0 Å². The van der Waals surface area contributed by atoms with E-state index >= 15 is 0 Å². The lowest BCUT2D eigenvalue weighted by molar-refractivity contribution is -0.387. The summed E-state index contributed by atoms with van der Waals surface area (Å²) in [6.07, 6.45) is 0. The van der Waals surface area contributed by atoms with E-state index in [4.69, 9.17) is 0 Å². The Morgan fingerprint density at radius 3 is 2.61 bits per heavy atom. The van der Waals surface area contributed by atoms with Crippen LogP contribution in [0.2, 0.25) is 0 Å². The van der Waals surface area contributed by atoms with Gasteiger partial charge < -0.3 is 5.32 Å². The Kier molecular flexibility index (Phi) is 4.70. The van der Waals surface area contributed by atoms with Crippen LogP contribution in [-0.4, -0.2) is 33.5 Å². The SMILES string of the molecule is CNCCNS(=O)(=O)c1ccc(F)c([N+](=O)[O-])c1. The van der Waals surface area contributed by atoms with Crippen molar-refractivity contribution in [2.45, 2.75) is 4.90 Å². The normalized spacial score (nSPS) is 11.4. The largest absolute Gasteiger partial charge is 0.318 e. The fraction of sp³-hybridized carbons (Fsp3) is 0.333. The summed E-state index contributed by atoms with van der Waals surface area (Å²) < 4.78 is 38.7. The molecule has 9 heteroatoms. The van der Waals surface area contributed by atoms with Gasteiger partial charge in [0.15, 0.2) is 0 Å². The van der Waals surface area contributed by atoms with E-state index in [2.05, 4.69) is 10.0 Å². The fourth-order valence-electron chi connectivity index (χ4n) is 1.19. The van der Waals surface area contributed by atoms with Gasteiger partial charge >= 0.3 is 5.69 Å². The van der Waals surface area contributed by atoms with E-state index in [1.807, 2.05) is 0 Å². The minimum atomic E-state index is -3.87. The van der Waals surface area contributed by atoms with Crippen molar-refractivity contribution in [1.82, 2.24) is 10.0 Å². The van der Waals surface area contributed by atoms with Crippen molar-refractivity contribution in [3.8, 4) is 0 Å². The van der Waals surface area contributed by atoms with Crippen LogP contribution in [0.1, 0.15) is 0 Å². The highest BCUT2D eigenvalue weighted by Gasteiger charge is 2.20. The summed E-state index contributed by atoms with van der Waals surface area (Å²) in [5, 5.41) is 13.2. The van der Waals surface area contributed by atoms with E-state index in [1.54, 1.807) is 7.05 Å². The average Bonchev–Trinajstić information content (AvgIpc) is 2.29. The first kappa shape index (κ1) is 14.5. The highest BCUT2D eigenvalue weighted by atomic mass is 32.2. The number of sulfonamides is 1. The van der Waals surface area contributed by atoms with Gasteiger partial charge in [-0.2, -0.15) is 4.39 Å². The molecule has 0 saturated carbocycles. The minimum Gasteiger partial charge on any atom is -0.318 e. The van der Waals surface area contributed by atoms with Crippen LogP contribution in [0, 0.1) is 15.9 Å². The number of hydrogen-bond donors (Lipinski definition) is 2. The molecule has 0 aliphatic carbocycles. The van der Waals surface area contributed by atoms with Gasteiger partial charge in [0, 0.05) is 19.2 Å². The monoisotopic (exact) mass is 277 g/mol. The van der Waals surface area contributed by atoms with Crippen LogP contribution >= 0.6 is 0 Å². The summed E-state index contributed by atoms with van der Waals surface area (Å²) in [4.78, 5) is 9.19. The third-order valence-corrected chi connectivity index (χ3v) is 3.55. The van der Waals surface area contributed by atoms with Crippen molar-refractivity contribution in [2.75, 3.05) is 20.1 Å². The molecule has 18 heavy (non-hydrogen) atoms. The smallest absolute Gasteiger partial charge is 0.306 e. The molecule has 100 valence electrons. The molecule has 1 rings (SSSR count). The van der Waals surface area contributed by atoms with Gasteiger partial charge in [-0.3, -0.25) is 10.1 Å². The Bertz CT molecular complexity index is 547. The Morgan fingerprint density at radius 1 is 1.39 bits per heavy atom. The maximum atomic E-state index is 13.0. The second-order valence-corrected chi connectivity index (χ2v) is 5.14. The lowest BCUT2D eigenvalue weighted by Gasteiger charge is -2.06. The third-order valence-electron chi connectivity index (χ3n) is 2.09. The van der Waals surface area contributed by atoms with Gasteiger partial charge in [0.1, 0.15) is 0 Å². The zero-order valence-electron chi connectivity index (χ0n) is 9.51. The maximum Gasteiger partial charge on any atom is 0.306 e. The summed E-state index contributed by atoms with van der Waals surface area (Å²) in [5.41, 5.74) is -0.869. The summed E-state index contributed by atoms with van der Waals surface area (Å²) in [7, 11) is -2.22. The lowest BCUT2D eigenvalue weighted by atomic mass is 10.3. The molecule has 0 unspecified atom stereocenters. The molecule has 0 aliphatic rings. The fourth-order valence-corrected chi connectivity index (χ4v) is 2.24. The van der Waals surface area contributed by atoms with Gasteiger partial charge in [0.2, 0.25) is 15.8 Å². The molecule has 0 bridgehead atoms. The van der Waals surface area contributed by atoms with Crippen LogP contribution in [0.3, 0.4) is 0 Å². The maximum absolute atomic E-state index is 13.0. The summed E-state index contributed by atoms with van der Waals surface area (Å²) >= 11 is 0. The molecule has 1 aromatic carbocycles. The number of nitrogens with zero attached hydrogens (tertiary/aromatic N) is 1. The van der Waals surface area contributed by atoms with E-state index in [1.165, 1.54) is 0 Å². The first-order valence-corrected chi connectivity index (χ1v) is 6.45. The van der Waals surface area contributed by atoms with Crippen LogP contribution < -0.4 is 10.0 Å². The summed E-state index contributed by atoms with van der Waals surface area (Å²) in [6, 6.07) is 2.42. The van der Waals surface area contributed by atoms with Crippen molar-refractivity contribution in [3.05, 3.63) is 34.1 Å². The van der Waals surface area contributed by atoms with Crippen molar-refractivity contribution < 1.29 is 17.7 Å². The van der Waals surface area contributed by atoms with Gasteiger partial charge in [-0.05, 0) is 19.2 Å². The average molecular weight is 277 g/mol. The molecular weight excluding hydrogens is 265 g/mol. The Labute approximate surface area is 103 Å². The lowest BCUT2D eigenvalue weighted by Crippen LogP contribution is -2.30. The summed E-state index contributed by atoms with van der Waals surface area (Å²) in [6.45, 7) is 0.534. The number of nitro groups is 1. The standard InChI is InChI=1S/C9H12FN3O4S/c1-11-4-5-12-18(16,17)7-2-3-8(10)9(6-7)13(14)15/h2-3,6,11-12H,4-5H2,1H3. The van der Waals surface area contributed by atoms with E-state index in [-0.39, 0.29) is 11.4 Å². The predicted molar refractivity (Wildman–Crippen MR) is 62.2 cm³/mol. The van der Waals surface area contributed by atoms with Gasteiger partial charge in [0.25, 0.3) is 0 Å². The molecule has 0 fully saturated rings. The summed E-state index contributed by atoms with van der Waals surface area (Å²) in [5.74, 6) is -1.07. The van der Waals surface area contributed by atoms with E-state index in [9.17, 15) is 22.9 Å². The minimum absolute atomic E-state index is 0.129. The van der Waals surface area contributed by atoms with Gasteiger partial charge in [-0.1, -0.05) is 0 Å². The number of nitro benzene ring substituents is 1. The van der Waals surface area contributed by atoms with Crippen LogP contribution in [0.4, 0.5) is 10.1 Å². The van der Waals surface area contributed by atoms with Crippen LogP contribution in [-0.2, 0) is 10.0 Å².